The van der Waals surface area contributed by atoms with E-state index in [4.69, 9.17) is 17.3 Å². The molecular formula is C18H23N3S. The summed E-state index contributed by atoms with van der Waals surface area (Å²) in [4.78, 5) is 0. The van der Waals surface area contributed by atoms with Crippen LogP contribution in [-0.4, -0.2) is 22.4 Å². The molecule has 1 aliphatic heterocycles. The Labute approximate surface area is 138 Å². The third-order valence-electron chi connectivity index (χ3n) is 4.65. The molecule has 22 heavy (non-hydrogen) atoms. The Morgan fingerprint density at radius 3 is 2.91 bits per heavy atom. The molecule has 116 valence electrons. The van der Waals surface area contributed by atoms with Crippen molar-refractivity contribution in [2.24, 2.45) is 16.9 Å². The van der Waals surface area contributed by atoms with E-state index in [1.54, 1.807) is 0 Å². The second-order valence-corrected chi connectivity index (χ2v) is 6.52. The summed E-state index contributed by atoms with van der Waals surface area (Å²) in [5.74, 6) is 1.03. The lowest BCUT2D eigenvalue weighted by Gasteiger charge is -2.31. The molecule has 4 heteroatoms. The van der Waals surface area contributed by atoms with Crippen LogP contribution in [0.4, 0.5) is 0 Å². The summed E-state index contributed by atoms with van der Waals surface area (Å²) in [5, 5.41) is 10.9. The minimum Gasteiger partial charge on any atom is -0.358 e. The van der Waals surface area contributed by atoms with Gasteiger partial charge in [0.25, 0.3) is 0 Å². The molecule has 0 radical (unpaired) electrons. The summed E-state index contributed by atoms with van der Waals surface area (Å²) in [5.41, 5.74) is 2.62. The van der Waals surface area contributed by atoms with Crippen LogP contribution in [0.25, 0.3) is 0 Å². The molecule has 1 saturated carbocycles. The zero-order valence-electron chi connectivity index (χ0n) is 13.0. The number of benzene rings is 1. The maximum atomic E-state index is 5.58. The van der Waals surface area contributed by atoms with E-state index in [2.05, 4.69) is 49.2 Å². The molecule has 2 aliphatic rings. The largest absolute Gasteiger partial charge is 0.358 e. The normalized spacial score (nSPS) is 27.0. The zero-order valence-corrected chi connectivity index (χ0v) is 13.9. The summed E-state index contributed by atoms with van der Waals surface area (Å²) in [6.45, 7) is 6.70. The van der Waals surface area contributed by atoms with E-state index in [0.717, 1.165) is 0 Å². The zero-order chi connectivity index (χ0) is 15.5. The van der Waals surface area contributed by atoms with Gasteiger partial charge in [0.15, 0.2) is 5.11 Å². The predicted molar refractivity (Wildman–Crippen MR) is 95.8 cm³/mol. The number of thiocarbonyl (C=S) groups is 1. The molecule has 0 spiro atoms. The first-order valence-electron chi connectivity index (χ1n) is 8.03. The van der Waals surface area contributed by atoms with Crippen molar-refractivity contribution in [3.05, 3.63) is 48.6 Å². The molecule has 0 bridgehead atoms. The molecule has 1 aromatic rings. The van der Waals surface area contributed by atoms with E-state index in [0.29, 0.717) is 23.5 Å². The molecule has 3 atom stereocenters. The van der Waals surface area contributed by atoms with Crippen molar-refractivity contribution in [3.8, 4) is 0 Å². The van der Waals surface area contributed by atoms with Crippen LogP contribution in [0.3, 0.4) is 0 Å². The Balaban J connectivity index is 1.93. The van der Waals surface area contributed by atoms with Crippen LogP contribution in [0, 0.1) is 11.8 Å². The summed E-state index contributed by atoms with van der Waals surface area (Å²) in [6.07, 6.45) is 5.53. The molecule has 1 aromatic carbocycles. The Morgan fingerprint density at radius 2 is 2.18 bits per heavy atom. The number of hydrogen-bond acceptors (Lipinski definition) is 2. The van der Waals surface area contributed by atoms with E-state index in [9.17, 15) is 0 Å². The van der Waals surface area contributed by atoms with Crippen LogP contribution in [0.5, 0.6) is 0 Å². The number of hydrogen-bond donors (Lipinski definition) is 1. The summed E-state index contributed by atoms with van der Waals surface area (Å²) >= 11 is 5.58. The van der Waals surface area contributed by atoms with Crippen molar-refractivity contribution in [3.63, 3.8) is 0 Å². The highest BCUT2D eigenvalue weighted by Gasteiger charge is 2.43. The van der Waals surface area contributed by atoms with Crippen molar-refractivity contribution >= 4 is 23.0 Å². The standard InChI is InChI=1S/C18H23N3S/c1-3-12-19-18(22)21-17(14-9-5-4-6-10-14)15-11-7-8-13(2)16(15)20-21/h3-6,9-10,13,15,17H,1,7-8,11-12H2,2H3,(H,19,22)/t13?,15-,17-/m1/s1. The second-order valence-electron chi connectivity index (χ2n) is 6.14. The van der Waals surface area contributed by atoms with Gasteiger partial charge < -0.3 is 5.32 Å². The van der Waals surface area contributed by atoms with Gasteiger partial charge in [0.05, 0.1) is 6.04 Å². The first-order valence-corrected chi connectivity index (χ1v) is 8.44. The summed E-state index contributed by atoms with van der Waals surface area (Å²) in [6, 6.07) is 10.8. The fourth-order valence-corrected chi connectivity index (χ4v) is 3.83. The fraction of sp³-hybridized carbons (Fsp3) is 0.444. The van der Waals surface area contributed by atoms with Crippen LogP contribution in [0.1, 0.15) is 37.8 Å². The Kier molecular flexibility index (Phi) is 4.57. The number of hydrazone groups is 1. The lowest BCUT2D eigenvalue weighted by molar-refractivity contribution is 0.293. The molecule has 3 rings (SSSR count). The fourth-order valence-electron chi connectivity index (χ4n) is 3.59. The number of rotatable bonds is 3. The average molecular weight is 313 g/mol. The van der Waals surface area contributed by atoms with Crippen molar-refractivity contribution in [2.75, 3.05) is 6.54 Å². The number of fused-ring (bicyclic) bond motifs is 1. The van der Waals surface area contributed by atoms with Gasteiger partial charge >= 0.3 is 0 Å². The first-order chi connectivity index (χ1) is 10.7. The van der Waals surface area contributed by atoms with Crippen LogP contribution >= 0.6 is 12.2 Å². The third kappa shape index (κ3) is 2.80. The van der Waals surface area contributed by atoms with Gasteiger partial charge in [0.2, 0.25) is 0 Å². The topological polar surface area (TPSA) is 27.6 Å². The summed E-state index contributed by atoms with van der Waals surface area (Å²) in [7, 11) is 0. The molecule has 1 heterocycles. The van der Waals surface area contributed by atoms with Crippen molar-refractivity contribution in [2.45, 2.75) is 32.2 Å². The van der Waals surface area contributed by atoms with Crippen molar-refractivity contribution < 1.29 is 0 Å². The second kappa shape index (κ2) is 6.61. The minimum atomic E-state index is 0.226. The third-order valence-corrected chi connectivity index (χ3v) is 4.98. The Morgan fingerprint density at radius 1 is 1.41 bits per heavy atom. The Bertz CT molecular complexity index is 581. The van der Waals surface area contributed by atoms with Gasteiger partial charge in [-0.3, -0.25) is 0 Å². The van der Waals surface area contributed by atoms with Gasteiger partial charge in [-0.05, 0) is 36.5 Å². The molecule has 0 aromatic heterocycles. The highest BCUT2D eigenvalue weighted by Crippen LogP contribution is 2.43. The molecule has 0 amide bonds. The van der Waals surface area contributed by atoms with Gasteiger partial charge in [-0.2, -0.15) is 5.10 Å². The van der Waals surface area contributed by atoms with Crippen LogP contribution in [-0.2, 0) is 0 Å². The lowest BCUT2D eigenvalue weighted by Crippen LogP contribution is -2.38. The SMILES string of the molecule is C=CCNC(=S)N1N=C2C(C)CCC[C@H]2[C@H]1c1ccccc1. The molecule has 0 saturated heterocycles. The van der Waals surface area contributed by atoms with Gasteiger partial charge in [-0.25, -0.2) is 5.01 Å². The highest BCUT2D eigenvalue weighted by atomic mass is 32.1. The summed E-state index contributed by atoms with van der Waals surface area (Å²) < 4.78 is 0. The van der Waals surface area contributed by atoms with E-state index in [1.165, 1.54) is 30.5 Å². The van der Waals surface area contributed by atoms with Crippen LogP contribution < -0.4 is 5.32 Å². The lowest BCUT2D eigenvalue weighted by atomic mass is 9.76. The van der Waals surface area contributed by atoms with Gasteiger partial charge in [-0.1, -0.05) is 49.8 Å². The van der Waals surface area contributed by atoms with Crippen LogP contribution in [0.15, 0.2) is 48.1 Å². The number of nitrogens with zero attached hydrogens (tertiary/aromatic N) is 2. The highest BCUT2D eigenvalue weighted by molar-refractivity contribution is 7.80. The van der Waals surface area contributed by atoms with E-state index >= 15 is 0 Å². The van der Waals surface area contributed by atoms with E-state index in [-0.39, 0.29) is 6.04 Å². The van der Waals surface area contributed by atoms with Crippen molar-refractivity contribution in [1.29, 1.82) is 0 Å². The molecular weight excluding hydrogens is 290 g/mol. The number of nitrogens with one attached hydrogen (secondary N) is 1. The maximum absolute atomic E-state index is 5.58. The van der Waals surface area contributed by atoms with Gasteiger partial charge in [0.1, 0.15) is 0 Å². The smallest absolute Gasteiger partial charge is 0.190 e. The predicted octanol–water partition coefficient (Wildman–Crippen LogP) is 3.90. The van der Waals surface area contributed by atoms with Gasteiger partial charge in [-0.15, -0.1) is 6.58 Å². The maximum Gasteiger partial charge on any atom is 0.190 e. The van der Waals surface area contributed by atoms with Crippen LogP contribution in [0.2, 0.25) is 0 Å². The molecule has 1 N–H and O–H groups in total. The molecule has 1 aliphatic carbocycles. The van der Waals surface area contributed by atoms with Gasteiger partial charge in [0, 0.05) is 18.2 Å². The molecule has 3 nitrogen and oxygen atoms in total. The molecule has 1 unspecified atom stereocenters. The molecule has 1 fully saturated rings. The van der Waals surface area contributed by atoms with E-state index < -0.39 is 0 Å². The monoisotopic (exact) mass is 313 g/mol. The Hall–Kier alpha value is -1.68. The minimum absolute atomic E-state index is 0.226. The first kappa shape index (κ1) is 15.2. The van der Waals surface area contributed by atoms with Crippen molar-refractivity contribution in [1.82, 2.24) is 10.3 Å². The van der Waals surface area contributed by atoms with E-state index in [1.807, 2.05) is 11.1 Å². The quantitative estimate of drug-likeness (QED) is 0.677. The average Bonchev–Trinajstić information content (AvgIpc) is 2.94.